The van der Waals surface area contributed by atoms with E-state index < -0.39 is 12.1 Å². The zero-order valence-electron chi connectivity index (χ0n) is 11.4. The second kappa shape index (κ2) is 6.65. The van der Waals surface area contributed by atoms with E-state index in [1.54, 1.807) is 42.6 Å². The monoisotopic (exact) mass is 287 g/mol. The van der Waals surface area contributed by atoms with Gasteiger partial charge in [0.15, 0.2) is 6.10 Å². The van der Waals surface area contributed by atoms with Gasteiger partial charge < -0.3 is 9.84 Å². The Hall–Kier alpha value is -2.69. The highest BCUT2D eigenvalue weighted by Crippen LogP contribution is 2.15. The highest BCUT2D eigenvalue weighted by molar-refractivity contribution is 5.82. The van der Waals surface area contributed by atoms with E-state index in [1.165, 1.54) is 19.1 Å². The lowest BCUT2D eigenvalue weighted by molar-refractivity contribution is -0.144. The predicted octanol–water partition coefficient (Wildman–Crippen LogP) is 3.43. The van der Waals surface area contributed by atoms with Crippen molar-refractivity contribution in [1.29, 1.82) is 0 Å². The van der Waals surface area contributed by atoms with Crippen LogP contribution in [0.25, 0.3) is 0 Å². The van der Waals surface area contributed by atoms with Crippen LogP contribution in [-0.2, 0) is 4.79 Å². The Kier molecular flexibility index (Phi) is 4.66. The van der Waals surface area contributed by atoms with Gasteiger partial charge in [-0.15, -0.1) is 0 Å². The Morgan fingerprint density at radius 3 is 2.38 bits per heavy atom. The second-order valence-electron chi connectivity index (χ2n) is 4.40. The first-order chi connectivity index (χ1) is 10.0. The zero-order chi connectivity index (χ0) is 15.2. The molecule has 2 rings (SSSR count). The number of hydrogen-bond donors (Lipinski definition) is 1. The first-order valence-electron chi connectivity index (χ1n) is 6.34. The minimum absolute atomic E-state index is 0.303. The molecule has 1 atom stereocenters. The third-order valence-electron chi connectivity index (χ3n) is 2.73. The van der Waals surface area contributed by atoms with E-state index in [4.69, 9.17) is 9.84 Å². The smallest absolute Gasteiger partial charge is 0.344 e. The van der Waals surface area contributed by atoms with E-state index in [1.807, 2.05) is 0 Å². The van der Waals surface area contributed by atoms with Crippen molar-refractivity contribution in [1.82, 2.24) is 0 Å². The van der Waals surface area contributed by atoms with E-state index in [-0.39, 0.29) is 5.82 Å². The minimum Gasteiger partial charge on any atom is -0.479 e. The quantitative estimate of drug-likeness (QED) is 0.857. The number of aliphatic carboxylic acids is 1. The number of rotatable bonds is 5. The molecule has 5 heteroatoms. The van der Waals surface area contributed by atoms with E-state index in [9.17, 15) is 9.18 Å². The molecular weight excluding hydrogens is 273 g/mol. The van der Waals surface area contributed by atoms with Crippen LogP contribution >= 0.6 is 0 Å². The molecule has 0 fully saturated rings. The highest BCUT2D eigenvalue weighted by atomic mass is 19.1. The van der Waals surface area contributed by atoms with Gasteiger partial charge in [-0.25, -0.2) is 9.18 Å². The van der Waals surface area contributed by atoms with Gasteiger partial charge in [0, 0.05) is 6.21 Å². The molecule has 21 heavy (non-hydrogen) atoms. The lowest BCUT2D eigenvalue weighted by Crippen LogP contribution is -2.22. The number of carboxylic acids is 1. The van der Waals surface area contributed by atoms with Crippen molar-refractivity contribution in [2.75, 3.05) is 0 Å². The first kappa shape index (κ1) is 14.7. The Labute approximate surface area is 121 Å². The van der Waals surface area contributed by atoms with E-state index in [2.05, 4.69) is 4.99 Å². The molecule has 0 aliphatic heterocycles. The molecule has 4 nitrogen and oxygen atoms in total. The van der Waals surface area contributed by atoms with Gasteiger partial charge in [-0.05, 0) is 61.0 Å². The molecule has 0 radical (unpaired) electrons. The molecule has 0 aliphatic rings. The fourth-order valence-electron chi connectivity index (χ4n) is 1.56. The topological polar surface area (TPSA) is 58.9 Å². The average molecular weight is 287 g/mol. The number of benzene rings is 2. The van der Waals surface area contributed by atoms with Gasteiger partial charge in [-0.1, -0.05) is 0 Å². The molecule has 0 aromatic heterocycles. The minimum atomic E-state index is -1.02. The van der Waals surface area contributed by atoms with Gasteiger partial charge in [-0.3, -0.25) is 4.99 Å². The van der Waals surface area contributed by atoms with E-state index in [0.717, 1.165) is 5.56 Å². The van der Waals surface area contributed by atoms with Crippen LogP contribution in [0.2, 0.25) is 0 Å². The summed E-state index contributed by atoms with van der Waals surface area (Å²) in [5, 5.41) is 8.75. The van der Waals surface area contributed by atoms with Crippen molar-refractivity contribution in [3.05, 3.63) is 59.9 Å². The second-order valence-corrected chi connectivity index (χ2v) is 4.40. The lowest BCUT2D eigenvalue weighted by Gasteiger charge is -2.09. The molecule has 0 spiro atoms. The van der Waals surface area contributed by atoms with Crippen molar-refractivity contribution < 1.29 is 19.0 Å². The fraction of sp³-hybridized carbons (Fsp3) is 0.125. The van der Waals surface area contributed by atoms with Gasteiger partial charge in [0.05, 0.1) is 5.69 Å². The van der Waals surface area contributed by atoms with Crippen LogP contribution in [-0.4, -0.2) is 23.4 Å². The summed E-state index contributed by atoms with van der Waals surface area (Å²) in [7, 11) is 0. The molecule has 1 N–H and O–H groups in total. The molecule has 2 aromatic rings. The normalized spacial score (nSPS) is 12.3. The van der Waals surface area contributed by atoms with Gasteiger partial charge in [0.2, 0.25) is 0 Å². The van der Waals surface area contributed by atoms with Gasteiger partial charge in [0.25, 0.3) is 0 Å². The molecule has 108 valence electrons. The summed E-state index contributed by atoms with van der Waals surface area (Å²) in [5.41, 5.74) is 1.48. The van der Waals surface area contributed by atoms with E-state index >= 15 is 0 Å². The van der Waals surface area contributed by atoms with Crippen LogP contribution in [0.15, 0.2) is 53.5 Å². The van der Waals surface area contributed by atoms with Crippen LogP contribution in [0.4, 0.5) is 10.1 Å². The zero-order valence-corrected chi connectivity index (χ0v) is 11.4. The summed E-state index contributed by atoms with van der Waals surface area (Å²) in [5.74, 6) is -0.844. The van der Waals surface area contributed by atoms with Crippen LogP contribution in [0.3, 0.4) is 0 Å². The molecule has 2 aromatic carbocycles. The molecule has 0 unspecified atom stereocenters. The summed E-state index contributed by atoms with van der Waals surface area (Å²) in [6.07, 6.45) is 0.737. The van der Waals surface area contributed by atoms with Crippen molar-refractivity contribution in [3.8, 4) is 5.75 Å². The molecule has 0 heterocycles. The maximum Gasteiger partial charge on any atom is 0.344 e. The van der Waals surface area contributed by atoms with Crippen molar-refractivity contribution in [3.63, 3.8) is 0 Å². The number of carboxylic acid groups (broad SMARTS) is 1. The molecular formula is C16H14FNO3. The molecule has 0 saturated carbocycles. The maximum absolute atomic E-state index is 12.7. The first-order valence-corrected chi connectivity index (χ1v) is 6.34. The lowest BCUT2D eigenvalue weighted by atomic mass is 10.2. The molecule has 0 bridgehead atoms. The van der Waals surface area contributed by atoms with Crippen molar-refractivity contribution in [2.45, 2.75) is 13.0 Å². The Morgan fingerprint density at radius 1 is 1.19 bits per heavy atom. The Morgan fingerprint density at radius 2 is 1.81 bits per heavy atom. The van der Waals surface area contributed by atoms with Crippen LogP contribution in [0, 0.1) is 5.82 Å². The number of nitrogens with zero attached hydrogens (tertiary/aromatic N) is 1. The van der Waals surface area contributed by atoms with E-state index in [0.29, 0.717) is 11.4 Å². The Bertz CT molecular complexity index is 636. The highest BCUT2D eigenvalue weighted by Gasteiger charge is 2.11. The molecule has 0 aliphatic carbocycles. The fourth-order valence-corrected chi connectivity index (χ4v) is 1.56. The Balaban J connectivity index is 2.02. The molecule has 0 saturated heterocycles. The third kappa shape index (κ3) is 4.42. The third-order valence-corrected chi connectivity index (χ3v) is 2.73. The number of ether oxygens (including phenoxy) is 1. The standard InChI is InChI=1S/C16H14FNO3/c1-11(16(19)20)21-15-8-2-12(3-9-15)10-18-14-6-4-13(17)5-7-14/h2-11H,1H3,(H,19,20)/t11-/m1/s1. The van der Waals surface area contributed by atoms with Crippen molar-refractivity contribution in [2.24, 2.45) is 4.99 Å². The number of carbonyl (C=O) groups is 1. The van der Waals surface area contributed by atoms with Crippen LogP contribution < -0.4 is 4.74 Å². The summed E-state index contributed by atoms with van der Waals surface area (Å²) in [6.45, 7) is 1.46. The summed E-state index contributed by atoms with van der Waals surface area (Å²) < 4.78 is 18.0. The van der Waals surface area contributed by atoms with Gasteiger partial charge in [0.1, 0.15) is 11.6 Å². The van der Waals surface area contributed by atoms with Crippen LogP contribution in [0.5, 0.6) is 5.75 Å². The number of aliphatic imine (C=N–C) groups is 1. The largest absolute Gasteiger partial charge is 0.479 e. The summed E-state index contributed by atoms with van der Waals surface area (Å²) in [4.78, 5) is 14.9. The van der Waals surface area contributed by atoms with Crippen molar-refractivity contribution >= 4 is 17.9 Å². The summed E-state index contributed by atoms with van der Waals surface area (Å²) >= 11 is 0. The summed E-state index contributed by atoms with van der Waals surface area (Å²) in [6, 6.07) is 12.7. The molecule has 0 amide bonds. The van der Waals surface area contributed by atoms with Crippen LogP contribution in [0.1, 0.15) is 12.5 Å². The number of halogens is 1. The predicted molar refractivity (Wildman–Crippen MR) is 77.8 cm³/mol. The average Bonchev–Trinajstić information content (AvgIpc) is 2.48. The number of hydrogen-bond acceptors (Lipinski definition) is 3. The SMILES string of the molecule is C[C@@H](Oc1ccc(C=Nc2ccc(F)cc2)cc1)C(=O)O. The van der Waals surface area contributed by atoms with Gasteiger partial charge in [-0.2, -0.15) is 0 Å². The van der Waals surface area contributed by atoms with Gasteiger partial charge >= 0.3 is 5.97 Å². The maximum atomic E-state index is 12.7.